The summed E-state index contributed by atoms with van der Waals surface area (Å²) in [5, 5.41) is 0. The summed E-state index contributed by atoms with van der Waals surface area (Å²) < 4.78 is 75.6. The first kappa shape index (κ1) is 15.4. The van der Waals surface area contributed by atoms with Gasteiger partial charge in [0.2, 0.25) is 0 Å². The van der Waals surface area contributed by atoms with Crippen molar-refractivity contribution in [3.05, 3.63) is 59.2 Å². The number of alkyl halides is 6. The van der Waals surface area contributed by atoms with Gasteiger partial charge in [0.05, 0.1) is 11.1 Å². The summed E-state index contributed by atoms with van der Waals surface area (Å²) in [5.41, 5.74) is -0.736. The molecule has 2 rings (SSSR count). The zero-order chi connectivity index (χ0) is 15.8. The second-order valence-electron chi connectivity index (χ2n) is 4.66. The van der Waals surface area contributed by atoms with E-state index in [2.05, 4.69) is 0 Å². The number of halogens is 6. The molecule has 0 aromatic heterocycles. The molecule has 0 aliphatic heterocycles. The van der Waals surface area contributed by atoms with Gasteiger partial charge in [-0.05, 0) is 47.9 Å². The van der Waals surface area contributed by atoms with Crippen LogP contribution in [0, 0.1) is 6.92 Å². The molecule has 2 aromatic rings. The smallest absolute Gasteiger partial charge is 0.166 e. The summed E-state index contributed by atoms with van der Waals surface area (Å²) >= 11 is 0. The number of hydrogen-bond donors (Lipinski definition) is 0. The Labute approximate surface area is 117 Å². The quantitative estimate of drug-likeness (QED) is 0.593. The normalized spacial score (nSPS) is 12.5. The van der Waals surface area contributed by atoms with Crippen molar-refractivity contribution in [2.75, 3.05) is 0 Å². The monoisotopic (exact) mass is 304 g/mol. The van der Waals surface area contributed by atoms with Crippen molar-refractivity contribution in [3.63, 3.8) is 0 Å². The molecule has 0 nitrogen and oxygen atoms in total. The molecule has 6 heteroatoms. The molecular formula is C15H10F6. The number of aryl methyl sites for hydroxylation is 1. The van der Waals surface area contributed by atoms with Crippen LogP contribution in [0.1, 0.15) is 16.7 Å². The lowest BCUT2D eigenvalue weighted by atomic mass is 9.99. The summed E-state index contributed by atoms with van der Waals surface area (Å²) in [6.45, 7) is 1.50. The first-order chi connectivity index (χ1) is 9.57. The molecule has 0 heterocycles. The standard InChI is InChI=1S/C15H10F6/c1-9-6-11(8-13(7-9)15(19,20)21)10-2-4-12(5-3-10)14(16,17)18/h2-8H,1H3. The number of hydrogen-bond acceptors (Lipinski definition) is 0. The van der Waals surface area contributed by atoms with E-state index < -0.39 is 23.5 Å². The fourth-order valence-electron chi connectivity index (χ4n) is 1.97. The molecule has 0 atom stereocenters. The summed E-state index contributed by atoms with van der Waals surface area (Å²) in [7, 11) is 0. The Bertz CT molecular complexity index is 635. The minimum Gasteiger partial charge on any atom is -0.166 e. The fraction of sp³-hybridized carbons (Fsp3) is 0.200. The Morgan fingerprint density at radius 1 is 0.619 bits per heavy atom. The predicted molar refractivity (Wildman–Crippen MR) is 66.6 cm³/mol. The van der Waals surface area contributed by atoms with Crippen LogP contribution in [0.15, 0.2) is 42.5 Å². The van der Waals surface area contributed by atoms with Gasteiger partial charge in [-0.2, -0.15) is 26.3 Å². The second-order valence-corrected chi connectivity index (χ2v) is 4.66. The summed E-state index contributed by atoms with van der Waals surface area (Å²) in [4.78, 5) is 0. The van der Waals surface area contributed by atoms with Gasteiger partial charge in [0.1, 0.15) is 0 Å². The van der Waals surface area contributed by atoms with Gasteiger partial charge >= 0.3 is 12.4 Å². The van der Waals surface area contributed by atoms with Gasteiger partial charge in [0.25, 0.3) is 0 Å². The SMILES string of the molecule is Cc1cc(-c2ccc(C(F)(F)F)cc2)cc(C(F)(F)F)c1. The van der Waals surface area contributed by atoms with E-state index in [1.807, 2.05) is 0 Å². The van der Waals surface area contributed by atoms with E-state index >= 15 is 0 Å². The summed E-state index contributed by atoms with van der Waals surface area (Å²) in [6, 6.07) is 7.45. The lowest BCUT2D eigenvalue weighted by Crippen LogP contribution is -2.06. The molecule has 0 saturated heterocycles. The van der Waals surface area contributed by atoms with Crippen LogP contribution in [-0.4, -0.2) is 0 Å². The molecule has 0 spiro atoms. The van der Waals surface area contributed by atoms with Crippen LogP contribution in [0.5, 0.6) is 0 Å². The van der Waals surface area contributed by atoms with E-state index in [0.717, 1.165) is 36.4 Å². The van der Waals surface area contributed by atoms with Gasteiger partial charge in [-0.15, -0.1) is 0 Å². The van der Waals surface area contributed by atoms with Gasteiger partial charge in [0.15, 0.2) is 0 Å². The maximum atomic E-state index is 12.7. The van der Waals surface area contributed by atoms with Crippen LogP contribution in [0.2, 0.25) is 0 Å². The largest absolute Gasteiger partial charge is 0.416 e. The minimum atomic E-state index is -4.49. The van der Waals surface area contributed by atoms with Gasteiger partial charge in [-0.25, -0.2) is 0 Å². The number of benzene rings is 2. The maximum absolute atomic E-state index is 12.7. The molecule has 0 bridgehead atoms. The van der Waals surface area contributed by atoms with E-state index in [1.54, 1.807) is 0 Å². The highest BCUT2D eigenvalue weighted by atomic mass is 19.4. The van der Waals surface area contributed by atoms with Gasteiger partial charge in [-0.3, -0.25) is 0 Å². The minimum absolute atomic E-state index is 0.232. The van der Waals surface area contributed by atoms with E-state index in [-0.39, 0.29) is 5.56 Å². The second kappa shape index (κ2) is 5.09. The Hall–Kier alpha value is -1.98. The molecule has 0 N–H and O–H groups in total. The Morgan fingerprint density at radius 3 is 1.62 bits per heavy atom. The highest BCUT2D eigenvalue weighted by molar-refractivity contribution is 5.65. The van der Waals surface area contributed by atoms with Crippen molar-refractivity contribution in [3.8, 4) is 11.1 Å². The van der Waals surface area contributed by atoms with Crippen LogP contribution >= 0.6 is 0 Å². The highest BCUT2D eigenvalue weighted by Gasteiger charge is 2.32. The Morgan fingerprint density at radius 2 is 1.14 bits per heavy atom. The number of rotatable bonds is 1. The highest BCUT2D eigenvalue weighted by Crippen LogP contribution is 2.35. The molecule has 0 saturated carbocycles. The maximum Gasteiger partial charge on any atom is 0.416 e. The van der Waals surface area contributed by atoms with Crippen LogP contribution < -0.4 is 0 Å². The zero-order valence-corrected chi connectivity index (χ0v) is 10.8. The lowest BCUT2D eigenvalue weighted by molar-refractivity contribution is -0.138. The topological polar surface area (TPSA) is 0 Å². The third kappa shape index (κ3) is 3.56. The van der Waals surface area contributed by atoms with Gasteiger partial charge in [0, 0.05) is 0 Å². The van der Waals surface area contributed by atoms with Crippen LogP contribution in [0.3, 0.4) is 0 Å². The summed E-state index contributed by atoms with van der Waals surface area (Å²) in [5.74, 6) is 0. The molecular weight excluding hydrogens is 294 g/mol. The van der Waals surface area contributed by atoms with Crippen molar-refractivity contribution in [2.45, 2.75) is 19.3 Å². The van der Waals surface area contributed by atoms with Crippen molar-refractivity contribution in [1.29, 1.82) is 0 Å². The van der Waals surface area contributed by atoms with E-state index in [9.17, 15) is 26.3 Å². The molecule has 0 amide bonds. The average molecular weight is 304 g/mol. The van der Waals surface area contributed by atoms with E-state index in [1.165, 1.54) is 13.0 Å². The third-order valence-electron chi connectivity index (χ3n) is 2.95. The average Bonchev–Trinajstić information content (AvgIpc) is 2.36. The Kier molecular flexibility index (Phi) is 3.74. The third-order valence-corrected chi connectivity index (χ3v) is 2.95. The van der Waals surface area contributed by atoms with Gasteiger partial charge < -0.3 is 0 Å². The predicted octanol–water partition coefficient (Wildman–Crippen LogP) is 5.70. The molecule has 0 radical (unpaired) electrons. The first-order valence-corrected chi connectivity index (χ1v) is 5.94. The van der Waals surface area contributed by atoms with Crippen LogP contribution in [0.25, 0.3) is 11.1 Å². The van der Waals surface area contributed by atoms with Crippen molar-refractivity contribution in [1.82, 2.24) is 0 Å². The molecule has 0 fully saturated rings. The molecule has 2 aromatic carbocycles. The van der Waals surface area contributed by atoms with Crippen molar-refractivity contribution in [2.24, 2.45) is 0 Å². The van der Waals surface area contributed by atoms with Crippen LogP contribution in [0.4, 0.5) is 26.3 Å². The van der Waals surface area contributed by atoms with Crippen molar-refractivity contribution < 1.29 is 26.3 Å². The van der Waals surface area contributed by atoms with E-state index in [0.29, 0.717) is 11.1 Å². The molecule has 0 aliphatic carbocycles. The zero-order valence-electron chi connectivity index (χ0n) is 10.8. The fourth-order valence-corrected chi connectivity index (χ4v) is 1.97. The first-order valence-electron chi connectivity index (χ1n) is 5.94. The molecule has 21 heavy (non-hydrogen) atoms. The Balaban J connectivity index is 2.45. The van der Waals surface area contributed by atoms with Gasteiger partial charge in [-0.1, -0.05) is 18.2 Å². The molecule has 112 valence electrons. The molecule has 0 aliphatic rings. The lowest BCUT2D eigenvalue weighted by Gasteiger charge is -2.12. The van der Waals surface area contributed by atoms with E-state index in [4.69, 9.17) is 0 Å². The van der Waals surface area contributed by atoms with Crippen molar-refractivity contribution >= 4 is 0 Å². The van der Waals surface area contributed by atoms with Crippen LogP contribution in [-0.2, 0) is 12.4 Å². The molecule has 0 unspecified atom stereocenters. The summed E-state index contributed by atoms with van der Waals surface area (Å²) in [6.07, 6.45) is -8.96.